The van der Waals surface area contributed by atoms with Crippen LogP contribution in [0.25, 0.3) is 0 Å². The number of likely N-dealkylation sites (tertiary alicyclic amines) is 1. The fourth-order valence-electron chi connectivity index (χ4n) is 3.14. The van der Waals surface area contributed by atoms with E-state index in [0.717, 1.165) is 31.5 Å². The highest BCUT2D eigenvalue weighted by molar-refractivity contribution is 5.85. The maximum Gasteiger partial charge on any atom is 0.244 e. The van der Waals surface area contributed by atoms with Gasteiger partial charge in [0.1, 0.15) is 6.04 Å². The first-order chi connectivity index (χ1) is 11.1. The summed E-state index contributed by atoms with van der Waals surface area (Å²) in [6, 6.07) is 8.81. The van der Waals surface area contributed by atoms with Gasteiger partial charge in [0, 0.05) is 32.1 Å². The van der Waals surface area contributed by atoms with Crippen LogP contribution in [0.5, 0.6) is 0 Å². The zero-order valence-corrected chi connectivity index (χ0v) is 15.3. The van der Waals surface area contributed by atoms with Crippen LogP contribution in [0.1, 0.15) is 38.3 Å². The van der Waals surface area contributed by atoms with E-state index in [4.69, 9.17) is 5.73 Å². The van der Waals surface area contributed by atoms with Crippen molar-refractivity contribution in [1.29, 1.82) is 0 Å². The summed E-state index contributed by atoms with van der Waals surface area (Å²) >= 11 is 0. The Morgan fingerprint density at radius 1 is 1.17 bits per heavy atom. The smallest absolute Gasteiger partial charge is 0.244 e. The molecule has 5 nitrogen and oxygen atoms in total. The predicted octanol–water partition coefficient (Wildman–Crippen LogP) is 2.22. The number of piperidine rings is 1. The monoisotopic (exact) mass is 353 g/mol. The maximum atomic E-state index is 12.5. The van der Waals surface area contributed by atoms with Crippen molar-refractivity contribution in [2.75, 3.05) is 26.2 Å². The van der Waals surface area contributed by atoms with Crippen LogP contribution in [0.4, 0.5) is 0 Å². The Balaban J connectivity index is 0.00000288. The zero-order valence-electron chi connectivity index (χ0n) is 14.5. The van der Waals surface area contributed by atoms with Gasteiger partial charge in [0.05, 0.1) is 0 Å². The minimum absolute atomic E-state index is 0. The van der Waals surface area contributed by atoms with Gasteiger partial charge >= 0.3 is 0 Å². The van der Waals surface area contributed by atoms with E-state index in [-0.39, 0.29) is 30.1 Å². The zero-order chi connectivity index (χ0) is 16.8. The largest absolute Gasteiger partial charge is 0.343 e. The molecule has 1 aromatic carbocycles. The Morgan fingerprint density at radius 2 is 1.71 bits per heavy atom. The lowest BCUT2D eigenvalue weighted by Crippen LogP contribution is -2.46. The molecule has 1 atom stereocenters. The van der Waals surface area contributed by atoms with Gasteiger partial charge in [0.15, 0.2) is 0 Å². The molecular weight excluding hydrogens is 326 g/mol. The summed E-state index contributed by atoms with van der Waals surface area (Å²) in [7, 11) is 0. The summed E-state index contributed by atoms with van der Waals surface area (Å²) in [5.74, 6) is 0.200. The van der Waals surface area contributed by atoms with Crippen molar-refractivity contribution in [2.45, 2.75) is 32.7 Å². The molecule has 134 valence electrons. The number of nitrogens with two attached hydrogens (primary N) is 1. The molecule has 1 saturated heterocycles. The summed E-state index contributed by atoms with van der Waals surface area (Å²) in [4.78, 5) is 28.6. The van der Waals surface area contributed by atoms with Crippen molar-refractivity contribution in [3.63, 3.8) is 0 Å². The van der Waals surface area contributed by atoms with Crippen molar-refractivity contribution >= 4 is 24.2 Å². The molecule has 2 N–H and O–H groups in total. The van der Waals surface area contributed by atoms with Gasteiger partial charge in [-0.1, -0.05) is 30.3 Å². The number of halogens is 1. The molecule has 1 fully saturated rings. The Morgan fingerprint density at radius 3 is 2.21 bits per heavy atom. The number of benzene rings is 1. The van der Waals surface area contributed by atoms with Gasteiger partial charge in [-0.15, -0.1) is 12.4 Å². The average Bonchev–Trinajstić information content (AvgIpc) is 2.62. The van der Waals surface area contributed by atoms with Crippen LogP contribution in [0, 0.1) is 5.92 Å². The van der Waals surface area contributed by atoms with E-state index in [0.29, 0.717) is 13.1 Å². The molecule has 0 radical (unpaired) electrons. The molecule has 24 heavy (non-hydrogen) atoms. The van der Waals surface area contributed by atoms with Gasteiger partial charge in [-0.2, -0.15) is 0 Å². The molecular formula is C18H28ClN3O2. The van der Waals surface area contributed by atoms with E-state index in [9.17, 15) is 9.59 Å². The van der Waals surface area contributed by atoms with Crippen LogP contribution in [0.15, 0.2) is 30.3 Å². The number of nitrogens with zero attached hydrogens (tertiary/aromatic N) is 2. The second kappa shape index (κ2) is 9.64. The second-order valence-corrected chi connectivity index (χ2v) is 6.00. The molecule has 1 aliphatic rings. The first-order valence-corrected chi connectivity index (χ1v) is 8.46. The van der Waals surface area contributed by atoms with Gasteiger partial charge in [-0.3, -0.25) is 9.59 Å². The van der Waals surface area contributed by atoms with Crippen LogP contribution in [-0.4, -0.2) is 47.8 Å². The lowest BCUT2D eigenvalue weighted by atomic mass is 9.94. The molecule has 0 aromatic heterocycles. The number of carbonyl (C=O) groups is 2. The topological polar surface area (TPSA) is 66.6 Å². The van der Waals surface area contributed by atoms with E-state index in [1.54, 1.807) is 4.90 Å². The Hall–Kier alpha value is -1.59. The maximum absolute atomic E-state index is 12.5. The highest BCUT2D eigenvalue weighted by Crippen LogP contribution is 2.22. The van der Waals surface area contributed by atoms with E-state index < -0.39 is 6.04 Å². The summed E-state index contributed by atoms with van der Waals surface area (Å²) in [5, 5.41) is 0. The summed E-state index contributed by atoms with van der Waals surface area (Å²) in [6.07, 6.45) is 1.45. The third-order valence-electron chi connectivity index (χ3n) is 4.66. The van der Waals surface area contributed by atoms with Gasteiger partial charge in [-0.05, 0) is 32.3 Å². The fraction of sp³-hybridized carbons (Fsp3) is 0.556. The van der Waals surface area contributed by atoms with Crippen LogP contribution in [0.2, 0.25) is 0 Å². The van der Waals surface area contributed by atoms with E-state index in [1.807, 2.05) is 49.1 Å². The SMILES string of the molecule is CCN(CC)C(=O)C1CCN(C(=O)C(N)c2ccccc2)CC1.Cl. The number of hydrogen-bond donors (Lipinski definition) is 1. The summed E-state index contributed by atoms with van der Waals surface area (Å²) < 4.78 is 0. The standard InChI is InChI=1S/C18H27N3O2.ClH/c1-3-20(4-2)17(22)15-10-12-21(13-11-15)18(23)16(19)14-8-6-5-7-9-14;/h5-9,15-16H,3-4,10-13,19H2,1-2H3;1H. The second-order valence-electron chi connectivity index (χ2n) is 6.00. The lowest BCUT2D eigenvalue weighted by molar-refractivity contribution is -0.141. The number of amides is 2. The Labute approximate surface area is 150 Å². The minimum atomic E-state index is -0.619. The van der Waals surface area contributed by atoms with Gasteiger partial charge in [-0.25, -0.2) is 0 Å². The van der Waals surface area contributed by atoms with E-state index in [1.165, 1.54) is 0 Å². The Kier molecular flexibility index (Phi) is 8.22. The molecule has 0 bridgehead atoms. The molecule has 6 heteroatoms. The van der Waals surface area contributed by atoms with Crippen molar-refractivity contribution in [3.8, 4) is 0 Å². The van der Waals surface area contributed by atoms with Gasteiger partial charge < -0.3 is 15.5 Å². The fourth-order valence-corrected chi connectivity index (χ4v) is 3.14. The van der Waals surface area contributed by atoms with Crippen molar-refractivity contribution in [3.05, 3.63) is 35.9 Å². The molecule has 1 unspecified atom stereocenters. The van der Waals surface area contributed by atoms with E-state index >= 15 is 0 Å². The number of hydrogen-bond acceptors (Lipinski definition) is 3. The van der Waals surface area contributed by atoms with Gasteiger partial charge in [0.25, 0.3) is 0 Å². The third-order valence-corrected chi connectivity index (χ3v) is 4.66. The van der Waals surface area contributed by atoms with Crippen molar-refractivity contribution < 1.29 is 9.59 Å². The van der Waals surface area contributed by atoms with Crippen LogP contribution >= 0.6 is 12.4 Å². The first kappa shape index (κ1) is 20.5. The number of rotatable bonds is 5. The van der Waals surface area contributed by atoms with Crippen LogP contribution < -0.4 is 5.73 Å². The van der Waals surface area contributed by atoms with Crippen molar-refractivity contribution in [1.82, 2.24) is 9.80 Å². The minimum Gasteiger partial charge on any atom is -0.343 e. The molecule has 2 amide bonds. The molecule has 0 spiro atoms. The molecule has 1 aromatic rings. The average molecular weight is 354 g/mol. The molecule has 0 saturated carbocycles. The molecule has 0 aliphatic carbocycles. The summed E-state index contributed by atoms with van der Waals surface area (Å²) in [5.41, 5.74) is 6.92. The molecule has 1 heterocycles. The Bertz CT molecular complexity index is 526. The quantitative estimate of drug-likeness (QED) is 0.882. The van der Waals surface area contributed by atoms with E-state index in [2.05, 4.69) is 0 Å². The van der Waals surface area contributed by atoms with Crippen molar-refractivity contribution in [2.24, 2.45) is 11.7 Å². The highest BCUT2D eigenvalue weighted by atomic mass is 35.5. The molecule has 1 aliphatic heterocycles. The highest BCUT2D eigenvalue weighted by Gasteiger charge is 2.31. The lowest BCUT2D eigenvalue weighted by Gasteiger charge is -2.35. The third kappa shape index (κ3) is 4.71. The summed E-state index contributed by atoms with van der Waals surface area (Å²) in [6.45, 7) is 6.70. The number of carbonyl (C=O) groups excluding carboxylic acids is 2. The van der Waals surface area contributed by atoms with Crippen LogP contribution in [0.3, 0.4) is 0 Å². The predicted molar refractivity (Wildman–Crippen MR) is 97.9 cm³/mol. The van der Waals surface area contributed by atoms with Crippen LogP contribution in [-0.2, 0) is 9.59 Å². The van der Waals surface area contributed by atoms with Gasteiger partial charge in [0.2, 0.25) is 11.8 Å². The first-order valence-electron chi connectivity index (χ1n) is 8.46. The normalized spacial score (nSPS) is 16.2. The molecule has 2 rings (SSSR count).